The molecular formula is C18H21N3. The Morgan fingerprint density at radius 1 is 0.857 bits per heavy atom. The van der Waals surface area contributed by atoms with Gasteiger partial charge < -0.3 is 16.0 Å². The van der Waals surface area contributed by atoms with Crippen molar-refractivity contribution in [3.05, 3.63) is 47.5 Å². The van der Waals surface area contributed by atoms with Gasteiger partial charge in [0.2, 0.25) is 0 Å². The molecule has 0 aromatic heterocycles. The lowest BCUT2D eigenvalue weighted by Crippen LogP contribution is -2.14. The van der Waals surface area contributed by atoms with E-state index in [2.05, 4.69) is 52.3 Å². The zero-order valence-electron chi connectivity index (χ0n) is 12.2. The summed E-state index contributed by atoms with van der Waals surface area (Å²) in [4.78, 5) is 0. The first kappa shape index (κ1) is 12.6. The second-order valence-electron chi connectivity index (χ2n) is 5.90. The third-order valence-corrected chi connectivity index (χ3v) is 4.40. The Morgan fingerprint density at radius 3 is 2.67 bits per heavy atom. The van der Waals surface area contributed by atoms with Gasteiger partial charge in [-0.05, 0) is 61.1 Å². The van der Waals surface area contributed by atoms with Crippen LogP contribution in [0.4, 0.5) is 22.7 Å². The fraction of sp³-hybridized carbons (Fsp3) is 0.333. The van der Waals surface area contributed by atoms with Gasteiger partial charge in [0.05, 0.1) is 11.4 Å². The van der Waals surface area contributed by atoms with E-state index in [0.29, 0.717) is 0 Å². The van der Waals surface area contributed by atoms with Crippen molar-refractivity contribution in [2.75, 3.05) is 29.0 Å². The Morgan fingerprint density at radius 2 is 1.71 bits per heavy atom. The Hall–Kier alpha value is -2.16. The molecule has 0 bridgehead atoms. The SMILES string of the molecule is c1cc2c(c(Nc3ccc4c(c3)CCCN4)c1)NCCC2. The van der Waals surface area contributed by atoms with E-state index in [1.807, 2.05) is 0 Å². The smallest absolute Gasteiger partial charge is 0.0622 e. The van der Waals surface area contributed by atoms with Crippen molar-refractivity contribution in [2.24, 2.45) is 0 Å². The van der Waals surface area contributed by atoms with Gasteiger partial charge in [-0.15, -0.1) is 0 Å². The first-order chi connectivity index (χ1) is 10.4. The van der Waals surface area contributed by atoms with Crippen LogP contribution in [0.5, 0.6) is 0 Å². The lowest BCUT2D eigenvalue weighted by atomic mass is 10.0. The highest BCUT2D eigenvalue weighted by atomic mass is 15.0. The zero-order chi connectivity index (χ0) is 14.1. The van der Waals surface area contributed by atoms with E-state index < -0.39 is 0 Å². The van der Waals surface area contributed by atoms with Gasteiger partial charge in [-0.1, -0.05) is 12.1 Å². The molecule has 0 radical (unpaired) electrons. The third-order valence-electron chi connectivity index (χ3n) is 4.40. The molecule has 0 fully saturated rings. The van der Waals surface area contributed by atoms with Crippen LogP contribution in [0.3, 0.4) is 0 Å². The largest absolute Gasteiger partial charge is 0.385 e. The lowest BCUT2D eigenvalue weighted by molar-refractivity contribution is 0.830. The summed E-state index contributed by atoms with van der Waals surface area (Å²) < 4.78 is 0. The van der Waals surface area contributed by atoms with Crippen LogP contribution in [-0.2, 0) is 12.8 Å². The van der Waals surface area contributed by atoms with Gasteiger partial charge in [0.1, 0.15) is 0 Å². The monoisotopic (exact) mass is 279 g/mol. The Bertz CT molecular complexity index is 664. The van der Waals surface area contributed by atoms with E-state index in [0.717, 1.165) is 13.1 Å². The van der Waals surface area contributed by atoms with E-state index in [-0.39, 0.29) is 0 Å². The molecule has 2 aliphatic rings. The fourth-order valence-corrected chi connectivity index (χ4v) is 3.32. The minimum atomic E-state index is 1.07. The topological polar surface area (TPSA) is 36.1 Å². The number of fused-ring (bicyclic) bond motifs is 2. The molecule has 0 spiro atoms. The minimum absolute atomic E-state index is 1.07. The molecule has 0 atom stereocenters. The highest BCUT2D eigenvalue weighted by Crippen LogP contribution is 2.33. The number of rotatable bonds is 2. The first-order valence-corrected chi connectivity index (χ1v) is 7.90. The number of hydrogen-bond donors (Lipinski definition) is 3. The van der Waals surface area contributed by atoms with Crippen molar-refractivity contribution in [1.82, 2.24) is 0 Å². The predicted molar refractivity (Wildman–Crippen MR) is 89.8 cm³/mol. The molecule has 2 aromatic carbocycles. The minimum Gasteiger partial charge on any atom is -0.385 e. The average molecular weight is 279 g/mol. The third kappa shape index (κ3) is 2.44. The molecule has 0 saturated heterocycles. The van der Waals surface area contributed by atoms with Crippen LogP contribution >= 0.6 is 0 Å². The maximum Gasteiger partial charge on any atom is 0.0622 e. The maximum absolute atomic E-state index is 3.59. The van der Waals surface area contributed by atoms with Crippen molar-refractivity contribution >= 4 is 22.7 Å². The average Bonchev–Trinajstić information content (AvgIpc) is 2.55. The normalized spacial score (nSPS) is 16.2. The van der Waals surface area contributed by atoms with Crippen LogP contribution in [0.2, 0.25) is 0 Å². The summed E-state index contributed by atoms with van der Waals surface area (Å²) in [5.74, 6) is 0. The molecule has 3 heteroatoms. The zero-order valence-corrected chi connectivity index (χ0v) is 12.2. The van der Waals surface area contributed by atoms with Gasteiger partial charge in [0.25, 0.3) is 0 Å². The second-order valence-corrected chi connectivity index (χ2v) is 5.90. The highest BCUT2D eigenvalue weighted by molar-refractivity contribution is 5.78. The van der Waals surface area contributed by atoms with Crippen molar-refractivity contribution in [1.29, 1.82) is 0 Å². The summed E-state index contributed by atoms with van der Waals surface area (Å²) in [6.45, 7) is 2.16. The van der Waals surface area contributed by atoms with E-state index >= 15 is 0 Å². The fourth-order valence-electron chi connectivity index (χ4n) is 3.32. The summed E-state index contributed by atoms with van der Waals surface area (Å²) >= 11 is 0. The van der Waals surface area contributed by atoms with E-state index in [1.54, 1.807) is 0 Å². The summed E-state index contributed by atoms with van der Waals surface area (Å²) in [5, 5.41) is 10.6. The van der Waals surface area contributed by atoms with Gasteiger partial charge in [-0.3, -0.25) is 0 Å². The van der Waals surface area contributed by atoms with Crippen molar-refractivity contribution in [3.8, 4) is 0 Å². The van der Waals surface area contributed by atoms with Gasteiger partial charge in [0, 0.05) is 24.5 Å². The highest BCUT2D eigenvalue weighted by Gasteiger charge is 2.13. The molecule has 21 heavy (non-hydrogen) atoms. The molecule has 0 unspecified atom stereocenters. The summed E-state index contributed by atoms with van der Waals surface area (Å²) in [6.07, 6.45) is 4.79. The summed E-state index contributed by atoms with van der Waals surface area (Å²) in [7, 11) is 0. The summed E-state index contributed by atoms with van der Waals surface area (Å²) in [6, 6.07) is 13.2. The molecule has 0 saturated carbocycles. The molecule has 2 aliphatic heterocycles. The van der Waals surface area contributed by atoms with Crippen molar-refractivity contribution in [3.63, 3.8) is 0 Å². The van der Waals surface area contributed by atoms with E-state index in [1.165, 1.54) is 59.6 Å². The molecule has 0 aliphatic carbocycles. The first-order valence-electron chi connectivity index (χ1n) is 7.90. The molecule has 108 valence electrons. The molecule has 4 rings (SSSR count). The van der Waals surface area contributed by atoms with Crippen molar-refractivity contribution in [2.45, 2.75) is 25.7 Å². The standard InChI is InChI=1S/C18H21N3/c1-4-13-5-2-11-20-18(13)17(7-1)21-15-8-9-16-14(12-15)6-3-10-19-16/h1,4,7-9,12,19-21H,2-3,5-6,10-11H2. The molecular weight excluding hydrogens is 258 g/mol. The maximum atomic E-state index is 3.59. The van der Waals surface area contributed by atoms with Crippen LogP contribution < -0.4 is 16.0 Å². The molecule has 0 amide bonds. The number of hydrogen-bond acceptors (Lipinski definition) is 3. The van der Waals surface area contributed by atoms with Gasteiger partial charge in [-0.2, -0.15) is 0 Å². The molecule has 3 nitrogen and oxygen atoms in total. The van der Waals surface area contributed by atoms with Crippen LogP contribution in [0.25, 0.3) is 0 Å². The molecule has 2 aromatic rings. The van der Waals surface area contributed by atoms with Gasteiger partial charge in [0.15, 0.2) is 0 Å². The predicted octanol–water partition coefficient (Wildman–Crippen LogP) is 4.15. The number of anilines is 4. The summed E-state index contributed by atoms with van der Waals surface area (Å²) in [5.41, 5.74) is 7.78. The second kappa shape index (κ2) is 5.32. The lowest BCUT2D eigenvalue weighted by Gasteiger charge is -2.23. The van der Waals surface area contributed by atoms with Crippen molar-refractivity contribution < 1.29 is 0 Å². The van der Waals surface area contributed by atoms with Gasteiger partial charge in [-0.25, -0.2) is 0 Å². The number of benzene rings is 2. The Labute approximate surface area is 125 Å². The Kier molecular flexibility index (Phi) is 3.18. The van der Waals surface area contributed by atoms with E-state index in [9.17, 15) is 0 Å². The number of nitrogens with one attached hydrogen (secondary N) is 3. The van der Waals surface area contributed by atoms with Gasteiger partial charge >= 0.3 is 0 Å². The molecule has 2 heterocycles. The van der Waals surface area contributed by atoms with Crippen LogP contribution in [0, 0.1) is 0 Å². The quantitative estimate of drug-likeness (QED) is 0.773. The Balaban J connectivity index is 1.64. The van der Waals surface area contributed by atoms with E-state index in [4.69, 9.17) is 0 Å². The molecule has 3 N–H and O–H groups in total. The van der Waals surface area contributed by atoms with Crippen LogP contribution in [0.1, 0.15) is 24.0 Å². The number of aryl methyl sites for hydroxylation is 2. The van der Waals surface area contributed by atoms with Crippen LogP contribution in [0.15, 0.2) is 36.4 Å². The van der Waals surface area contributed by atoms with Crippen LogP contribution in [-0.4, -0.2) is 13.1 Å². The number of para-hydroxylation sites is 1.